The summed E-state index contributed by atoms with van der Waals surface area (Å²) < 4.78 is 5.98. The molecule has 2 aromatic rings. The van der Waals surface area contributed by atoms with E-state index >= 15 is 0 Å². The summed E-state index contributed by atoms with van der Waals surface area (Å²) in [7, 11) is 0. The minimum absolute atomic E-state index is 0.0397. The Kier molecular flexibility index (Phi) is 4.72. The van der Waals surface area contributed by atoms with Crippen molar-refractivity contribution >= 4 is 5.91 Å². The molecule has 1 heterocycles. The van der Waals surface area contributed by atoms with E-state index in [1.807, 2.05) is 30.5 Å². The van der Waals surface area contributed by atoms with Crippen molar-refractivity contribution in [2.75, 3.05) is 0 Å². The lowest BCUT2D eigenvalue weighted by molar-refractivity contribution is -0.125. The molecule has 1 saturated carbocycles. The first-order valence-corrected chi connectivity index (χ1v) is 9.32. The van der Waals surface area contributed by atoms with Crippen molar-refractivity contribution < 1.29 is 9.53 Å². The third-order valence-electron chi connectivity index (χ3n) is 5.39. The highest BCUT2D eigenvalue weighted by Crippen LogP contribution is 2.25. The summed E-state index contributed by atoms with van der Waals surface area (Å²) >= 11 is 0. The molecule has 1 fully saturated rings. The first-order chi connectivity index (χ1) is 12.3. The highest BCUT2D eigenvalue weighted by molar-refractivity contribution is 5.79. The smallest absolute Gasteiger partial charge is 0.223 e. The number of amides is 1. The molecule has 0 bridgehead atoms. The zero-order valence-corrected chi connectivity index (χ0v) is 14.5. The number of carbonyl (C=O) groups is 1. The van der Waals surface area contributed by atoms with Gasteiger partial charge in [-0.2, -0.15) is 5.10 Å². The molecule has 4 rings (SSSR count). The summed E-state index contributed by atoms with van der Waals surface area (Å²) in [4.78, 5) is 12.4. The van der Waals surface area contributed by atoms with E-state index in [0.29, 0.717) is 12.6 Å². The maximum atomic E-state index is 12.4. The quantitative estimate of drug-likeness (QED) is 0.879. The number of hydrogen-bond acceptors (Lipinski definition) is 3. The molecular formula is C20H25N3O2. The van der Waals surface area contributed by atoms with E-state index in [1.54, 1.807) is 0 Å². The van der Waals surface area contributed by atoms with Gasteiger partial charge in [0.2, 0.25) is 5.91 Å². The van der Waals surface area contributed by atoms with Crippen LogP contribution in [-0.2, 0) is 24.2 Å². The van der Waals surface area contributed by atoms with Crippen LogP contribution in [-0.4, -0.2) is 22.2 Å². The van der Waals surface area contributed by atoms with Gasteiger partial charge in [-0.05, 0) is 61.8 Å². The van der Waals surface area contributed by atoms with Crippen LogP contribution in [0.25, 0.3) is 0 Å². The van der Waals surface area contributed by atoms with Gasteiger partial charge in [-0.25, -0.2) is 0 Å². The largest absolute Gasteiger partial charge is 0.490 e. The number of aromatic amines is 1. The Morgan fingerprint density at radius 1 is 1.20 bits per heavy atom. The zero-order valence-electron chi connectivity index (χ0n) is 14.5. The molecule has 25 heavy (non-hydrogen) atoms. The molecule has 2 aliphatic carbocycles. The number of nitrogens with one attached hydrogen (secondary N) is 2. The lowest BCUT2D eigenvalue weighted by Gasteiger charge is -2.21. The topological polar surface area (TPSA) is 67.0 Å². The van der Waals surface area contributed by atoms with Gasteiger partial charge in [0.15, 0.2) is 0 Å². The second kappa shape index (κ2) is 7.30. The van der Waals surface area contributed by atoms with Crippen LogP contribution in [0, 0.1) is 5.92 Å². The van der Waals surface area contributed by atoms with E-state index < -0.39 is 0 Å². The van der Waals surface area contributed by atoms with E-state index in [4.69, 9.17) is 4.74 Å². The number of H-pyrrole nitrogens is 1. The molecular weight excluding hydrogens is 314 g/mol. The molecule has 0 radical (unpaired) electrons. The van der Waals surface area contributed by atoms with Crippen LogP contribution in [0.4, 0.5) is 0 Å². The van der Waals surface area contributed by atoms with Crippen LogP contribution in [0.3, 0.4) is 0 Å². The van der Waals surface area contributed by atoms with Gasteiger partial charge >= 0.3 is 0 Å². The van der Waals surface area contributed by atoms with E-state index in [-0.39, 0.29) is 11.8 Å². The second-order valence-corrected chi connectivity index (χ2v) is 7.20. The van der Waals surface area contributed by atoms with E-state index in [0.717, 1.165) is 49.1 Å². The Morgan fingerprint density at radius 3 is 2.80 bits per heavy atom. The molecule has 1 atom stereocenters. The van der Waals surface area contributed by atoms with Crippen molar-refractivity contribution in [3.63, 3.8) is 0 Å². The molecule has 1 amide bonds. The molecule has 1 aromatic carbocycles. The fourth-order valence-electron chi connectivity index (χ4n) is 3.85. The van der Waals surface area contributed by atoms with Gasteiger partial charge in [0, 0.05) is 24.6 Å². The Balaban J connectivity index is 1.27. The molecule has 0 saturated heterocycles. The fraction of sp³-hybridized carbons (Fsp3) is 0.500. The first-order valence-electron chi connectivity index (χ1n) is 9.32. The maximum Gasteiger partial charge on any atom is 0.223 e. The molecule has 5 heteroatoms. The SMILES string of the molecule is O=C(NCc1ccc(OC2CCCC2)cc1)[C@H]1CCc2cn[nH]c2C1. The lowest BCUT2D eigenvalue weighted by Crippen LogP contribution is -2.33. The predicted molar refractivity (Wildman–Crippen MR) is 95.3 cm³/mol. The van der Waals surface area contributed by atoms with Crippen LogP contribution in [0.2, 0.25) is 0 Å². The fourth-order valence-corrected chi connectivity index (χ4v) is 3.85. The van der Waals surface area contributed by atoms with Crippen molar-refractivity contribution in [1.29, 1.82) is 0 Å². The molecule has 0 aliphatic heterocycles. The summed E-state index contributed by atoms with van der Waals surface area (Å²) in [5.41, 5.74) is 3.46. The van der Waals surface area contributed by atoms with Crippen LogP contribution in [0.5, 0.6) is 5.75 Å². The Morgan fingerprint density at radius 2 is 2.00 bits per heavy atom. The van der Waals surface area contributed by atoms with Gasteiger partial charge in [0.1, 0.15) is 5.75 Å². The molecule has 5 nitrogen and oxygen atoms in total. The number of ether oxygens (including phenoxy) is 1. The third-order valence-corrected chi connectivity index (χ3v) is 5.39. The van der Waals surface area contributed by atoms with Gasteiger partial charge in [-0.3, -0.25) is 9.89 Å². The van der Waals surface area contributed by atoms with Crippen molar-refractivity contribution in [3.05, 3.63) is 47.3 Å². The average Bonchev–Trinajstić information content (AvgIpc) is 3.31. The van der Waals surface area contributed by atoms with Crippen LogP contribution >= 0.6 is 0 Å². The van der Waals surface area contributed by atoms with Crippen LogP contribution < -0.4 is 10.1 Å². The third kappa shape index (κ3) is 3.86. The summed E-state index contributed by atoms with van der Waals surface area (Å²) in [6, 6.07) is 8.10. The summed E-state index contributed by atoms with van der Waals surface area (Å²) in [5, 5.41) is 10.1. The minimum atomic E-state index is 0.0397. The number of fused-ring (bicyclic) bond motifs is 1. The number of aryl methyl sites for hydroxylation is 1. The number of carbonyl (C=O) groups excluding carboxylic acids is 1. The Bertz CT molecular complexity index is 717. The summed E-state index contributed by atoms with van der Waals surface area (Å²) in [6.07, 6.45) is 9.71. The van der Waals surface area contributed by atoms with Gasteiger partial charge < -0.3 is 10.1 Å². The second-order valence-electron chi connectivity index (χ2n) is 7.20. The standard InChI is InChI=1S/C20H25N3O2/c24-20(15-7-8-16-13-22-23-19(16)11-15)21-12-14-5-9-18(10-6-14)25-17-3-1-2-4-17/h5-6,9-10,13,15,17H,1-4,7-8,11-12H2,(H,21,24)(H,22,23)/t15-/m0/s1. The molecule has 2 aliphatic rings. The van der Waals surface area contributed by atoms with Crippen molar-refractivity contribution in [2.24, 2.45) is 5.92 Å². The van der Waals surface area contributed by atoms with Gasteiger partial charge in [-0.15, -0.1) is 0 Å². The van der Waals surface area contributed by atoms with Crippen molar-refractivity contribution in [2.45, 2.75) is 57.6 Å². The number of rotatable bonds is 5. The lowest BCUT2D eigenvalue weighted by atomic mass is 9.87. The van der Waals surface area contributed by atoms with Crippen molar-refractivity contribution in [3.8, 4) is 5.75 Å². The predicted octanol–water partition coefficient (Wildman–Crippen LogP) is 3.15. The maximum absolute atomic E-state index is 12.4. The number of aromatic nitrogens is 2. The molecule has 0 spiro atoms. The Labute approximate surface area is 148 Å². The molecule has 132 valence electrons. The van der Waals surface area contributed by atoms with E-state index in [9.17, 15) is 4.79 Å². The normalized spacial score (nSPS) is 20.2. The van der Waals surface area contributed by atoms with Crippen LogP contribution in [0.1, 0.15) is 48.9 Å². The minimum Gasteiger partial charge on any atom is -0.490 e. The molecule has 0 unspecified atom stereocenters. The zero-order chi connectivity index (χ0) is 17.1. The highest BCUT2D eigenvalue weighted by atomic mass is 16.5. The number of benzene rings is 1. The average molecular weight is 339 g/mol. The van der Waals surface area contributed by atoms with Gasteiger partial charge in [0.25, 0.3) is 0 Å². The summed E-state index contributed by atoms with van der Waals surface area (Å²) in [5.74, 6) is 1.10. The van der Waals surface area contributed by atoms with Gasteiger partial charge in [-0.1, -0.05) is 12.1 Å². The van der Waals surface area contributed by atoms with E-state index in [2.05, 4.69) is 15.5 Å². The van der Waals surface area contributed by atoms with Gasteiger partial charge in [0.05, 0.1) is 12.3 Å². The molecule has 1 aromatic heterocycles. The number of nitrogens with zero attached hydrogens (tertiary/aromatic N) is 1. The summed E-state index contributed by atoms with van der Waals surface area (Å²) in [6.45, 7) is 0.564. The number of hydrogen-bond donors (Lipinski definition) is 2. The van der Waals surface area contributed by atoms with Crippen molar-refractivity contribution in [1.82, 2.24) is 15.5 Å². The van der Waals surface area contributed by atoms with Crippen LogP contribution in [0.15, 0.2) is 30.5 Å². The first kappa shape index (κ1) is 16.2. The molecule has 2 N–H and O–H groups in total. The monoisotopic (exact) mass is 339 g/mol. The Hall–Kier alpha value is -2.30. The van der Waals surface area contributed by atoms with E-state index in [1.165, 1.54) is 18.4 Å². The highest BCUT2D eigenvalue weighted by Gasteiger charge is 2.25.